The molecule has 0 fully saturated rings. The molecule has 1 amide bonds. The number of aryl methyl sites for hydroxylation is 1. The zero-order valence-corrected chi connectivity index (χ0v) is 21.3. The maximum absolute atomic E-state index is 13.1. The van der Waals surface area contributed by atoms with Crippen LogP contribution in [0.4, 0.5) is 17.1 Å². The first kappa shape index (κ1) is 25.5. The van der Waals surface area contributed by atoms with Gasteiger partial charge in [-0.3, -0.25) is 14.6 Å². The minimum Gasteiger partial charge on any atom is -0.486 e. The molecule has 2 N–H and O–H groups in total. The summed E-state index contributed by atoms with van der Waals surface area (Å²) in [7, 11) is 1.90. The van der Waals surface area contributed by atoms with Crippen molar-refractivity contribution in [3.63, 3.8) is 0 Å². The van der Waals surface area contributed by atoms with Gasteiger partial charge in [0.1, 0.15) is 18.9 Å². The molecular weight excluding hydrogens is 498 g/mol. The minimum absolute atomic E-state index is 0.0574. The third kappa shape index (κ3) is 5.42. The number of carboxylic acid groups (broad SMARTS) is 1. The maximum atomic E-state index is 13.1. The van der Waals surface area contributed by atoms with Gasteiger partial charge in [-0.1, -0.05) is 17.7 Å². The number of aromatic nitrogens is 1. The molecule has 0 unspecified atom stereocenters. The van der Waals surface area contributed by atoms with Crippen LogP contribution in [0.2, 0.25) is 0 Å². The fourth-order valence-electron chi connectivity index (χ4n) is 4.13. The Morgan fingerprint density at radius 2 is 1.54 bits per heavy atom. The van der Waals surface area contributed by atoms with Crippen LogP contribution in [0.15, 0.2) is 79.0 Å². The van der Waals surface area contributed by atoms with Gasteiger partial charge >= 0.3 is 5.97 Å². The first-order chi connectivity index (χ1) is 18.8. The van der Waals surface area contributed by atoms with Crippen molar-refractivity contribution in [2.24, 2.45) is 0 Å². The molecule has 4 aromatic rings. The first-order valence-corrected chi connectivity index (χ1v) is 12.2. The SMILES string of the molecule is Cc1ccc(N(C)c2ccc(C(=O)c3ccc(NC(=O)c4ccc5c(c4)OCCO5)c(C(=O)O)c3)nc2)cc1. The number of anilines is 3. The van der Waals surface area contributed by atoms with Gasteiger partial charge in [0.05, 0.1) is 23.1 Å². The number of ether oxygens (including phenoxy) is 2. The number of ketones is 1. The highest BCUT2D eigenvalue weighted by Gasteiger charge is 2.20. The van der Waals surface area contributed by atoms with E-state index in [1.54, 1.807) is 30.5 Å². The lowest BCUT2D eigenvalue weighted by molar-refractivity contribution is 0.0698. The van der Waals surface area contributed by atoms with Crippen LogP contribution >= 0.6 is 0 Å². The molecule has 196 valence electrons. The minimum atomic E-state index is -1.29. The van der Waals surface area contributed by atoms with Crippen LogP contribution in [-0.4, -0.2) is 48.0 Å². The lowest BCUT2D eigenvalue weighted by Gasteiger charge is -2.19. The molecule has 1 aliphatic heterocycles. The molecule has 0 spiro atoms. The van der Waals surface area contributed by atoms with E-state index < -0.39 is 17.7 Å². The molecule has 0 bridgehead atoms. The number of benzene rings is 3. The number of hydrogen-bond acceptors (Lipinski definition) is 7. The summed E-state index contributed by atoms with van der Waals surface area (Å²) in [5, 5.41) is 12.4. The summed E-state index contributed by atoms with van der Waals surface area (Å²) in [5.74, 6) is -1.27. The van der Waals surface area contributed by atoms with E-state index in [-0.39, 0.29) is 28.1 Å². The predicted molar refractivity (Wildman–Crippen MR) is 146 cm³/mol. The summed E-state index contributed by atoms with van der Waals surface area (Å²) in [5.41, 5.74) is 3.33. The topological polar surface area (TPSA) is 118 Å². The van der Waals surface area contributed by atoms with Crippen molar-refractivity contribution >= 4 is 34.7 Å². The fraction of sp³-hybridized carbons (Fsp3) is 0.133. The molecular formula is C30H25N3O6. The normalized spacial score (nSPS) is 11.9. The molecule has 0 aliphatic carbocycles. The Morgan fingerprint density at radius 3 is 2.23 bits per heavy atom. The summed E-state index contributed by atoms with van der Waals surface area (Å²) in [6.07, 6.45) is 1.59. The van der Waals surface area contributed by atoms with Gasteiger partial charge in [-0.05, 0) is 67.6 Å². The van der Waals surface area contributed by atoms with Gasteiger partial charge in [-0.2, -0.15) is 0 Å². The van der Waals surface area contributed by atoms with E-state index >= 15 is 0 Å². The van der Waals surface area contributed by atoms with Crippen LogP contribution in [0.25, 0.3) is 0 Å². The van der Waals surface area contributed by atoms with Crippen LogP contribution in [0, 0.1) is 6.92 Å². The first-order valence-electron chi connectivity index (χ1n) is 12.2. The summed E-state index contributed by atoms with van der Waals surface area (Å²) >= 11 is 0. The molecule has 0 atom stereocenters. The van der Waals surface area contributed by atoms with Crippen molar-refractivity contribution in [1.82, 2.24) is 4.98 Å². The summed E-state index contributed by atoms with van der Waals surface area (Å²) in [6, 6.07) is 20.2. The van der Waals surface area contributed by atoms with Crippen molar-refractivity contribution < 1.29 is 29.0 Å². The van der Waals surface area contributed by atoms with Crippen LogP contribution in [0.3, 0.4) is 0 Å². The van der Waals surface area contributed by atoms with E-state index in [0.29, 0.717) is 24.7 Å². The summed E-state index contributed by atoms with van der Waals surface area (Å²) in [6.45, 7) is 2.82. The second-order valence-corrected chi connectivity index (χ2v) is 9.00. The Kier molecular flexibility index (Phi) is 6.96. The number of carboxylic acids is 1. The molecule has 1 aromatic heterocycles. The Bertz CT molecular complexity index is 1570. The van der Waals surface area contributed by atoms with E-state index in [2.05, 4.69) is 10.3 Å². The average molecular weight is 524 g/mol. The lowest BCUT2D eigenvalue weighted by atomic mass is 10.0. The van der Waals surface area contributed by atoms with E-state index in [0.717, 1.165) is 16.9 Å². The second-order valence-electron chi connectivity index (χ2n) is 9.00. The second kappa shape index (κ2) is 10.7. The third-order valence-corrected chi connectivity index (χ3v) is 6.35. The van der Waals surface area contributed by atoms with Gasteiger partial charge in [0.15, 0.2) is 11.5 Å². The standard InChI is InChI=1S/C30H25N3O6/c1-18-3-7-21(8-4-18)33(2)22-9-11-25(31-17-22)28(34)19-5-10-24(23(15-19)30(36)37)32-29(35)20-6-12-26-27(16-20)39-14-13-38-26/h3-12,15-17H,13-14H2,1-2H3,(H,32,35)(H,36,37). The quantitative estimate of drug-likeness (QED) is 0.321. The van der Waals surface area contributed by atoms with Crippen molar-refractivity contribution in [2.75, 3.05) is 30.5 Å². The molecule has 0 saturated heterocycles. The molecule has 5 rings (SSSR count). The molecule has 0 saturated carbocycles. The monoisotopic (exact) mass is 523 g/mol. The fourth-order valence-corrected chi connectivity index (χ4v) is 4.13. The highest BCUT2D eigenvalue weighted by atomic mass is 16.6. The van der Waals surface area contributed by atoms with Gasteiger partial charge in [0.25, 0.3) is 5.91 Å². The predicted octanol–water partition coefficient (Wildman–Crippen LogP) is 5.11. The number of carbonyl (C=O) groups is 3. The summed E-state index contributed by atoms with van der Waals surface area (Å²) < 4.78 is 11.0. The Hall–Kier alpha value is -5.18. The van der Waals surface area contributed by atoms with Crippen molar-refractivity contribution in [2.45, 2.75) is 6.92 Å². The van der Waals surface area contributed by atoms with Crippen LogP contribution < -0.4 is 19.7 Å². The third-order valence-electron chi connectivity index (χ3n) is 6.35. The number of fused-ring (bicyclic) bond motifs is 1. The largest absolute Gasteiger partial charge is 0.486 e. The Balaban J connectivity index is 1.34. The average Bonchev–Trinajstić information content (AvgIpc) is 2.96. The van der Waals surface area contributed by atoms with Gasteiger partial charge < -0.3 is 24.8 Å². The number of carbonyl (C=O) groups excluding carboxylic acids is 2. The van der Waals surface area contributed by atoms with E-state index in [1.165, 1.54) is 24.3 Å². The van der Waals surface area contributed by atoms with E-state index in [9.17, 15) is 19.5 Å². The van der Waals surface area contributed by atoms with Crippen molar-refractivity contribution in [1.29, 1.82) is 0 Å². The van der Waals surface area contributed by atoms with Crippen LogP contribution in [-0.2, 0) is 0 Å². The maximum Gasteiger partial charge on any atom is 0.337 e. The smallest absolute Gasteiger partial charge is 0.337 e. The number of pyridine rings is 1. The zero-order valence-electron chi connectivity index (χ0n) is 21.3. The highest BCUT2D eigenvalue weighted by molar-refractivity contribution is 6.12. The summed E-state index contributed by atoms with van der Waals surface area (Å²) in [4.78, 5) is 44.2. The van der Waals surface area contributed by atoms with Crippen molar-refractivity contribution in [3.05, 3.63) is 107 Å². The molecule has 9 heteroatoms. The van der Waals surface area contributed by atoms with Gasteiger partial charge in [0.2, 0.25) is 5.78 Å². The van der Waals surface area contributed by atoms with Crippen LogP contribution in [0.5, 0.6) is 11.5 Å². The molecule has 3 aromatic carbocycles. The molecule has 39 heavy (non-hydrogen) atoms. The lowest BCUT2D eigenvalue weighted by Crippen LogP contribution is -2.18. The molecule has 2 heterocycles. The number of aromatic carboxylic acids is 1. The number of nitrogens with zero attached hydrogens (tertiary/aromatic N) is 2. The van der Waals surface area contributed by atoms with E-state index in [1.807, 2.05) is 43.1 Å². The molecule has 0 radical (unpaired) electrons. The van der Waals surface area contributed by atoms with Gasteiger partial charge in [0, 0.05) is 23.9 Å². The van der Waals surface area contributed by atoms with Crippen LogP contribution in [0.1, 0.15) is 42.3 Å². The Morgan fingerprint density at radius 1 is 0.846 bits per heavy atom. The van der Waals surface area contributed by atoms with Crippen molar-refractivity contribution in [3.8, 4) is 11.5 Å². The van der Waals surface area contributed by atoms with Gasteiger partial charge in [-0.25, -0.2) is 4.79 Å². The highest BCUT2D eigenvalue weighted by Crippen LogP contribution is 2.31. The molecule has 9 nitrogen and oxygen atoms in total. The van der Waals surface area contributed by atoms with Gasteiger partial charge in [-0.15, -0.1) is 0 Å². The van der Waals surface area contributed by atoms with E-state index in [4.69, 9.17) is 9.47 Å². The number of nitrogens with one attached hydrogen (secondary N) is 1. The Labute approximate surface area is 224 Å². The molecule has 1 aliphatic rings. The zero-order chi connectivity index (χ0) is 27.5. The number of hydrogen-bond donors (Lipinski definition) is 2. The number of rotatable bonds is 7. The number of amides is 1.